The van der Waals surface area contributed by atoms with Gasteiger partial charge in [0.1, 0.15) is 5.82 Å². The molecule has 0 unspecified atom stereocenters. The van der Waals surface area contributed by atoms with Crippen LogP contribution in [0.4, 0.5) is 10.1 Å². The summed E-state index contributed by atoms with van der Waals surface area (Å²) in [7, 11) is 0. The van der Waals surface area contributed by atoms with Gasteiger partial charge in [-0.25, -0.2) is 9.18 Å². The van der Waals surface area contributed by atoms with Gasteiger partial charge in [0.05, 0.1) is 16.5 Å². The summed E-state index contributed by atoms with van der Waals surface area (Å²) in [6.45, 7) is 0. The number of nitrogens with two attached hydrogens (primary N) is 1. The van der Waals surface area contributed by atoms with Gasteiger partial charge in [0.15, 0.2) is 0 Å². The van der Waals surface area contributed by atoms with Crippen LogP contribution >= 0.6 is 15.9 Å². The minimum Gasteiger partial charge on any atom is -0.478 e. The van der Waals surface area contributed by atoms with Crippen molar-refractivity contribution < 1.29 is 14.3 Å². The van der Waals surface area contributed by atoms with Crippen molar-refractivity contribution >= 4 is 27.6 Å². The van der Waals surface area contributed by atoms with Crippen LogP contribution in [0.25, 0.3) is 0 Å². The number of hydrogen-bond donors (Lipinski definition) is 2. The highest BCUT2D eigenvalue weighted by Gasteiger charge is 2.11. The Kier molecular flexibility index (Phi) is 3.69. The Balaban J connectivity index is 3.29. The van der Waals surface area contributed by atoms with Crippen molar-refractivity contribution in [3.05, 3.63) is 29.1 Å². The Labute approximate surface area is 94.2 Å². The molecule has 0 aromatic heterocycles. The third kappa shape index (κ3) is 2.70. The van der Waals surface area contributed by atoms with Crippen LogP contribution in [-0.2, 0) is 0 Å². The number of benzene rings is 1. The largest absolute Gasteiger partial charge is 0.478 e. The monoisotopic (exact) mass is 271 g/mol. The normalized spacial score (nSPS) is 9.20. The molecule has 0 spiro atoms. The molecule has 0 radical (unpaired) electrons. The van der Waals surface area contributed by atoms with Gasteiger partial charge in [0, 0.05) is 5.69 Å². The Bertz CT molecular complexity index is 462. The van der Waals surface area contributed by atoms with Gasteiger partial charge in [-0.3, -0.25) is 0 Å². The summed E-state index contributed by atoms with van der Waals surface area (Å²) in [6.07, 6.45) is 0. The van der Waals surface area contributed by atoms with E-state index in [0.29, 0.717) is 5.33 Å². The zero-order valence-electron chi connectivity index (χ0n) is 7.55. The lowest BCUT2D eigenvalue weighted by atomic mass is 10.1. The minimum atomic E-state index is -1.20. The maximum absolute atomic E-state index is 13.2. The number of carboxylic acid groups (broad SMARTS) is 1. The molecular formula is C10H7BrFNO2. The summed E-state index contributed by atoms with van der Waals surface area (Å²) < 4.78 is 13.2. The average Bonchev–Trinajstić information content (AvgIpc) is 2.16. The van der Waals surface area contributed by atoms with E-state index >= 15 is 0 Å². The van der Waals surface area contributed by atoms with Gasteiger partial charge >= 0.3 is 5.97 Å². The number of carboxylic acids is 1. The lowest BCUT2D eigenvalue weighted by molar-refractivity contribution is 0.0698. The van der Waals surface area contributed by atoms with Gasteiger partial charge in [0.25, 0.3) is 0 Å². The maximum Gasteiger partial charge on any atom is 0.337 e. The van der Waals surface area contributed by atoms with E-state index in [1.807, 2.05) is 0 Å². The van der Waals surface area contributed by atoms with Crippen molar-refractivity contribution in [2.75, 3.05) is 11.1 Å². The van der Waals surface area contributed by atoms with E-state index in [2.05, 4.69) is 27.8 Å². The molecule has 1 aromatic carbocycles. The Morgan fingerprint density at radius 3 is 2.80 bits per heavy atom. The molecule has 0 atom stereocenters. The highest BCUT2D eigenvalue weighted by atomic mass is 79.9. The fourth-order valence-electron chi connectivity index (χ4n) is 0.998. The van der Waals surface area contributed by atoms with E-state index in [4.69, 9.17) is 10.8 Å². The molecule has 0 heterocycles. The second-order valence-electron chi connectivity index (χ2n) is 2.66. The topological polar surface area (TPSA) is 63.3 Å². The molecule has 3 nitrogen and oxygen atoms in total. The fraction of sp³-hybridized carbons (Fsp3) is 0.100. The van der Waals surface area contributed by atoms with Gasteiger partial charge in [-0.1, -0.05) is 27.8 Å². The van der Waals surface area contributed by atoms with Gasteiger partial charge in [0.2, 0.25) is 0 Å². The molecule has 0 aliphatic heterocycles. The molecule has 0 saturated heterocycles. The molecule has 0 aliphatic rings. The Hall–Kier alpha value is -1.54. The van der Waals surface area contributed by atoms with Crippen LogP contribution in [0.1, 0.15) is 15.9 Å². The molecule has 1 aromatic rings. The van der Waals surface area contributed by atoms with Crippen molar-refractivity contribution in [3.8, 4) is 11.8 Å². The first-order valence-corrected chi connectivity index (χ1v) is 5.05. The summed E-state index contributed by atoms with van der Waals surface area (Å²) in [5.74, 6) is 3.26. The van der Waals surface area contributed by atoms with E-state index in [0.717, 1.165) is 12.1 Å². The number of halogens is 2. The quantitative estimate of drug-likeness (QED) is 0.466. The smallest absolute Gasteiger partial charge is 0.337 e. The Morgan fingerprint density at radius 1 is 1.60 bits per heavy atom. The van der Waals surface area contributed by atoms with Crippen LogP contribution in [0.3, 0.4) is 0 Å². The number of carbonyl (C=O) groups is 1. The zero-order valence-corrected chi connectivity index (χ0v) is 9.14. The van der Waals surface area contributed by atoms with Crippen LogP contribution in [-0.4, -0.2) is 16.4 Å². The summed E-state index contributed by atoms with van der Waals surface area (Å²) >= 11 is 3.06. The van der Waals surface area contributed by atoms with Crippen molar-refractivity contribution in [2.24, 2.45) is 0 Å². The van der Waals surface area contributed by atoms with Crippen molar-refractivity contribution in [3.63, 3.8) is 0 Å². The van der Waals surface area contributed by atoms with Crippen LogP contribution in [0, 0.1) is 17.7 Å². The first-order chi connectivity index (χ1) is 7.06. The second kappa shape index (κ2) is 4.80. The molecule has 0 saturated carbocycles. The van der Waals surface area contributed by atoms with Crippen molar-refractivity contribution in [1.29, 1.82) is 0 Å². The summed E-state index contributed by atoms with van der Waals surface area (Å²) in [6, 6.07) is 2.09. The summed E-state index contributed by atoms with van der Waals surface area (Å²) in [4.78, 5) is 10.7. The number of anilines is 1. The molecule has 3 N–H and O–H groups in total. The lowest BCUT2D eigenvalue weighted by Crippen LogP contribution is -2.04. The molecule has 0 fully saturated rings. The van der Waals surface area contributed by atoms with Crippen LogP contribution < -0.4 is 5.73 Å². The number of alkyl halides is 1. The zero-order chi connectivity index (χ0) is 11.4. The fourth-order valence-corrected chi connectivity index (χ4v) is 1.14. The van der Waals surface area contributed by atoms with Crippen LogP contribution in [0.2, 0.25) is 0 Å². The van der Waals surface area contributed by atoms with Crippen LogP contribution in [0.15, 0.2) is 12.1 Å². The SMILES string of the molecule is Nc1cc(F)c(C#CCBr)cc1C(=O)O. The first-order valence-electron chi connectivity index (χ1n) is 3.93. The van der Waals surface area contributed by atoms with Gasteiger partial charge < -0.3 is 10.8 Å². The molecule has 78 valence electrons. The molecule has 5 heteroatoms. The van der Waals surface area contributed by atoms with E-state index in [-0.39, 0.29) is 16.8 Å². The van der Waals surface area contributed by atoms with Gasteiger partial charge in [-0.2, -0.15) is 0 Å². The number of rotatable bonds is 1. The molecule has 1 rings (SSSR count). The number of aromatic carboxylic acids is 1. The highest BCUT2D eigenvalue weighted by Crippen LogP contribution is 2.17. The molecule has 0 amide bonds. The summed E-state index contributed by atoms with van der Waals surface area (Å²) in [5.41, 5.74) is 5.12. The molecule has 0 bridgehead atoms. The maximum atomic E-state index is 13.2. The van der Waals surface area contributed by atoms with Gasteiger partial charge in [-0.05, 0) is 12.1 Å². The second-order valence-corrected chi connectivity index (χ2v) is 3.22. The van der Waals surface area contributed by atoms with Gasteiger partial charge in [-0.15, -0.1) is 0 Å². The van der Waals surface area contributed by atoms with E-state index < -0.39 is 11.8 Å². The third-order valence-electron chi connectivity index (χ3n) is 1.66. The standard InChI is InChI=1S/C10H7BrFNO2/c11-3-1-2-6-4-7(10(14)15)9(13)5-8(6)12/h4-5H,3,13H2,(H,14,15). The lowest BCUT2D eigenvalue weighted by Gasteiger charge is -2.02. The minimum absolute atomic E-state index is 0.0288. The predicted molar refractivity (Wildman–Crippen MR) is 58.4 cm³/mol. The number of nitrogen functional groups attached to an aromatic ring is 1. The van der Waals surface area contributed by atoms with Crippen molar-refractivity contribution in [1.82, 2.24) is 0 Å². The third-order valence-corrected chi connectivity index (χ3v) is 1.94. The molecule has 0 aliphatic carbocycles. The van der Waals surface area contributed by atoms with E-state index in [1.165, 1.54) is 0 Å². The average molecular weight is 272 g/mol. The Morgan fingerprint density at radius 2 is 2.27 bits per heavy atom. The molecule has 15 heavy (non-hydrogen) atoms. The van der Waals surface area contributed by atoms with Crippen molar-refractivity contribution in [2.45, 2.75) is 0 Å². The van der Waals surface area contributed by atoms with E-state index in [1.54, 1.807) is 0 Å². The first kappa shape index (κ1) is 11.5. The van der Waals surface area contributed by atoms with E-state index in [9.17, 15) is 9.18 Å². The molecular weight excluding hydrogens is 265 g/mol. The number of hydrogen-bond acceptors (Lipinski definition) is 2. The van der Waals surface area contributed by atoms with Crippen LogP contribution in [0.5, 0.6) is 0 Å². The highest BCUT2D eigenvalue weighted by molar-refractivity contribution is 9.09. The predicted octanol–water partition coefficient (Wildman–Crippen LogP) is 1.85. The summed E-state index contributed by atoms with van der Waals surface area (Å²) in [5, 5.41) is 9.13.